The van der Waals surface area contributed by atoms with Gasteiger partial charge in [0.25, 0.3) is 0 Å². The van der Waals surface area contributed by atoms with Gasteiger partial charge in [-0.2, -0.15) is 0 Å². The van der Waals surface area contributed by atoms with Crippen LogP contribution < -0.4 is 16.4 Å². The first kappa shape index (κ1) is 33.6. The van der Waals surface area contributed by atoms with E-state index < -0.39 is 59.2 Å². The van der Waals surface area contributed by atoms with Crippen LogP contribution in [-0.2, 0) is 15.1 Å². The standard InChI is InChI=1S/C29H39Cl2F2N3O5/c1-28(2,9-12-41-13-11-37)15-23-29(34,20-7-6-17(30)14-22(20)32)24(19-4-3-5-21(31)25(19)33)26(36-23)27(40)35-10-8-18(39)16-38/h3-7,14,18,23-24,26,36-39H,8-13,15-16,34H2,1-2H3,(H,35,40)/t18-,23-,24-,26+,29+/m0/s1. The van der Waals surface area contributed by atoms with Crippen LogP contribution in [0.5, 0.6) is 0 Å². The molecule has 3 rings (SSSR count). The van der Waals surface area contributed by atoms with E-state index in [-0.39, 0.29) is 47.4 Å². The molecule has 0 aromatic heterocycles. The van der Waals surface area contributed by atoms with E-state index in [1.54, 1.807) is 6.07 Å². The molecule has 228 valence electrons. The largest absolute Gasteiger partial charge is 0.394 e. The van der Waals surface area contributed by atoms with Crippen molar-refractivity contribution >= 4 is 29.1 Å². The van der Waals surface area contributed by atoms with Gasteiger partial charge in [0.1, 0.15) is 11.6 Å². The van der Waals surface area contributed by atoms with Crippen LogP contribution in [0.2, 0.25) is 10.0 Å². The zero-order valence-corrected chi connectivity index (χ0v) is 24.7. The fraction of sp³-hybridized carbons (Fsp3) is 0.552. The lowest BCUT2D eigenvalue weighted by Crippen LogP contribution is -2.52. The number of carbonyl (C=O) groups is 1. The number of rotatable bonds is 14. The van der Waals surface area contributed by atoms with Crippen molar-refractivity contribution in [2.24, 2.45) is 11.1 Å². The fourth-order valence-corrected chi connectivity index (χ4v) is 5.87. The van der Waals surface area contributed by atoms with Crippen LogP contribution in [0.15, 0.2) is 36.4 Å². The Morgan fingerprint density at radius 2 is 1.95 bits per heavy atom. The highest BCUT2D eigenvalue weighted by atomic mass is 35.5. The molecular formula is C29H39Cl2F2N3O5. The summed E-state index contributed by atoms with van der Waals surface area (Å²) < 4.78 is 36.8. The smallest absolute Gasteiger partial charge is 0.237 e. The summed E-state index contributed by atoms with van der Waals surface area (Å²) >= 11 is 12.2. The second-order valence-electron chi connectivity index (χ2n) is 11.2. The van der Waals surface area contributed by atoms with Crippen molar-refractivity contribution in [3.8, 4) is 0 Å². The molecule has 1 aliphatic rings. The Morgan fingerprint density at radius 3 is 2.61 bits per heavy atom. The van der Waals surface area contributed by atoms with Crippen LogP contribution in [0.1, 0.15) is 50.2 Å². The maximum atomic E-state index is 15.7. The van der Waals surface area contributed by atoms with E-state index in [0.717, 1.165) is 6.07 Å². The molecule has 1 heterocycles. The van der Waals surface area contributed by atoms with Gasteiger partial charge in [0.05, 0.1) is 42.5 Å². The zero-order chi connectivity index (χ0) is 30.4. The van der Waals surface area contributed by atoms with Gasteiger partial charge >= 0.3 is 0 Å². The van der Waals surface area contributed by atoms with Gasteiger partial charge in [-0.05, 0) is 48.4 Å². The number of amides is 1. The van der Waals surface area contributed by atoms with Gasteiger partial charge in [-0.25, -0.2) is 8.78 Å². The van der Waals surface area contributed by atoms with E-state index in [1.165, 1.54) is 24.3 Å². The van der Waals surface area contributed by atoms with E-state index in [1.807, 2.05) is 13.8 Å². The van der Waals surface area contributed by atoms with Crippen LogP contribution in [0, 0.1) is 17.0 Å². The van der Waals surface area contributed by atoms with E-state index in [2.05, 4.69) is 10.6 Å². The minimum atomic E-state index is -1.64. The first-order valence-corrected chi connectivity index (χ1v) is 14.3. The average Bonchev–Trinajstić information content (AvgIpc) is 3.19. The Balaban J connectivity index is 2.12. The Morgan fingerprint density at radius 1 is 1.22 bits per heavy atom. The molecule has 0 saturated carbocycles. The highest BCUT2D eigenvalue weighted by molar-refractivity contribution is 6.31. The molecule has 0 spiro atoms. The number of ether oxygens (including phenoxy) is 1. The number of aliphatic hydroxyl groups excluding tert-OH is 3. The summed E-state index contributed by atoms with van der Waals surface area (Å²) in [5.74, 6) is -3.10. The molecule has 0 aliphatic carbocycles. The van der Waals surface area contributed by atoms with Crippen molar-refractivity contribution in [3.05, 3.63) is 69.2 Å². The molecule has 12 heteroatoms. The fourth-order valence-electron chi connectivity index (χ4n) is 5.52. The van der Waals surface area contributed by atoms with Gasteiger partial charge in [0.2, 0.25) is 5.91 Å². The zero-order valence-electron chi connectivity index (χ0n) is 23.2. The first-order chi connectivity index (χ1) is 19.4. The number of halogens is 4. The van der Waals surface area contributed by atoms with Crippen molar-refractivity contribution < 1.29 is 33.6 Å². The summed E-state index contributed by atoms with van der Waals surface area (Å²) in [7, 11) is 0. The summed E-state index contributed by atoms with van der Waals surface area (Å²) in [5.41, 5.74) is 5.23. The van der Waals surface area contributed by atoms with Gasteiger partial charge in [-0.1, -0.05) is 55.2 Å². The first-order valence-electron chi connectivity index (χ1n) is 13.5. The predicted octanol–water partition coefficient (Wildman–Crippen LogP) is 3.22. The van der Waals surface area contributed by atoms with E-state index in [9.17, 15) is 9.90 Å². The maximum absolute atomic E-state index is 15.7. The van der Waals surface area contributed by atoms with Gasteiger partial charge in [-0.3, -0.25) is 4.79 Å². The summed E-state index contributed by atoms with van der Waals surface area (Å²) in [6.45, 7) is 3.98. The Kier molecular flexibility index (Phi) is 11.9. The number of nitrogens with one attached hydrogen (secondary N) is 2. The van der Waals surface area contributed by atoms with Gasteiger partial charge in [-0.15, -0.1) is 0 Å². The highest BCUT2D eigenvalue weighted by Gasteiger charge is 2.58. The molecule has 5 atom stereocenters. The van der Waals surface area contributed by atoms with Gasteiger partial charge in [0.15, 0.2) is 0 Å². The number of benzene rings is 2. The Hall–Kier alpha value is -1.89. The van der Waals surface area contributed by atoms with Gasteiger partial charge < -0.3 is 36.4 Å². The lowest BCUT2D eigenvalue weighted by atomic mass is 9.67. The minimum absolute atomic E-state index is 0.0364. The molecule has 1 saturated heterocycles. The van der Waals surface area contributed by atoms with Crippen molar-refractivity contribution in [1.29, 1.82) is 0 Å². The summed E-state index contributed by atoms with van der Waals surface area (Å²) in [5, 5.41) is 33.9. The molecule has 0 bridgehead atoms. The minimum Gasteiger partial charge on any atom is -0.394 e. The third-order valence-corrected chi connectivity index (χ3v) is 8.23. The molecule has 8 nitrogen and oxygen atoms in total. The third kappa shape index (κ3) is 7.94. The van der Waals surface area contributed by atoms with Crippen LogP contribution >= 0.6 is 23.2 Å². The highest BCUT2D eigenvalue weighted by Crippen LogP contribution is 2.50. The molecule has 0 radical (unpaired) electrons. The van der Waals surface area contributed by atoms with E-state index in [0.29, 0.717) is 19.4 Å². The van der Waals surface area contributed by atoms with Crippen LogP contribution in [-0.4, -0.2) is 72.4 Å². The molecule has 1 fully saturated rings. The second-order valence-corrected chi connectivity index (χ2v) is 12.1. The Labute approximate surface area is 249 Å². The van der Waals surface area contributed by atoms with Gasteiger partial charge in [0, 0.05) is 35.7 Å². The topological polar surface area (TPSA) is 137 Å². The maximum Gasteiger partial charge on any atom is 0.237 e. The molecule has 1 amide bonds. The normalized spacial score (nSPS) is 23.5. The number of aliphatic hydroxyl groups is 3. The molecule has 7 N–H and O–H groups in total. The molecule has 0 unspecified atom stereocenters. The molecule has 2 aromatic rings. The Bertz CT molecular complexity index is 1190. The molecule has 41 heavy (non-hydrogen) atoms. The van der Waals surface area contributed by atoms with Crippen molar-refractivity contribution in [2.75, 3.05) is 33.0 Å². The SMILES string of the molecule is CC(C)(CCOCCO)C[C@@H]1N[C@@H](C(=O)NCC[C@H](O)CO)[C@H](c2cccc(Cl)c2F)[C@@]1(N)c1ccc(Cl)cc1F. The number of hydrogen-bond donors (Lipinski definition) is 6. The predicted molar refractivity (Wildman–Crippen MR) is 154 cm³/mol. The van der Waals surface area contributed by atoms with E-state index >= 15 is 8.78 Å². The molecule has 2 aromatic carbocycles. The number of carbonyl (C=O) groups excluding carboxylic acids is 1. The molecule has 1 aliphatic heterocycles. The lowest BCUT2D eigenvalue weighted by Gasteiger charge is -2.40. The quantitative estimate of drug-likeness (QED) is 0.179. The number of hydrogen-bond acceptors (Lipinski definition) is 7. The average molecular weight is 619 g/mol. The number of nitrogens with two attached hydrogens (primary N) is 1. The van der Waals surface area contributed by atoms with Crippen LogP contribution in [0.25, 0.3) is 0 Å². The van der Waals surface area contributed by atoms with E-state index in [4.69, 9.17) is 43.9 Å². The summed E-state index contributed by atoms with van der Waals surface area (Å²) in [6, 6.07) is 6.64. The second kappa shape index (κ2) is 14.5. The van der Waals surface area contributed by atoms with Crippen molar-refractivity contribution in [2.45, 2.75) is 62.8 Å². The summed E-state index contributed by atoms with van der Waals surface area (Å²) in [4.78, 5) is 13.6. The molecular weight excluding hydrogens is 579 g/mol. The lowest BCUT2D eigenvalue weighted by molar-refractivity contribution is -0.123. The van der Waals surface area contributed by atoms with Crippen LogP contribution in [0.3, 0.4) is 0 Å². The van der Waals surface area contributed by atoms with Crippen molar-refractivity contribution in [3.63, 3.8) is 0 Å². The third-order valence-electron chi connectivity index (χ3n) is 7.70. The van der Waals surface area contributed by atoms with Crippen LogP contribution in [0.4, 0.5) is 8.78 Å². The summed E-state index contributed by atoms with van der Waals surface area (Å²) in [6.07, 6.45) is -0.0167. The van der Waals surface area contributed by atoms with Crippen molar-refractivity contribution in [1.82, 2.24) is 10.6 Å². The monoisotopic (exact) mass is 617 g/mol.